The molecule has 0 saturated heterocycles. The predicted octanol–water partition coefficient (Wildman–Crippen LogP) is 5.30. The first-order valence-electron chi connectivity index (χ1n) is 8.85. The minimum atomic E-state index is -0.332. The van der Waals surface area contributed by atoms with Crippen molar-refractivity contribution in [3.8, 4) is 0 Å². The van der Waals surface area contributed by atoms with Gasteiger partial charge in [-0.2, -0.15) is 0 Å². The molecule has 27 heavy (non-hydrogen) atoms. The Morgan fingerprint density at radius 3 is 2.70 bits per heavy atom. The minimum Gasteiger partial charge on any atom is -0.308 e. The molecule has 0 aliphatic heterocycles. The summed E-state index contributed by atoms with van der Waals surface area (Å²) in [5.74, 6) is 0.631. The van der Waals surface area contributed by atoms with Crippen LogP contribution in [0.15, 0.2) is 77.3 Å². The highest BCUT2D eigenvalue weighted by molar-refractivity contribution is 6.30. The molecule has 2 aromatic rings. The number of rotatable bonds is 5. The maximum absolute atomic E-state index is 12.4. The van der Waals surface area contributed by atoms with Gasteiger partial charge in [0.25, 0.3) is 0 Å². The van der Waals surface area contributed by atoms with E-state index in [9.17, 15) is 4.79 Å². The lowest BCUT2D eigenvalue weighted by Gasteiger charge is -2.12. The smallest absolute Gasteiger partial charge is 0.308 e. The summed E-state index contributed by atoms with van der Waals surface area (Å²) in [4.78, 5) is 17.0. The van der Waals surface area contributed by atoms with E-state index in [4.69, 9.17) is 11.6 Å². The van der Waals surface area contributed by atoms with Crippen LogP contribution in [0.1, 0.15) is 17.5 Å². The monoisotopic (exact) mass is 379 g/mol. The van der Waals surface area contributed by atoms with Crippen LogP contribution in [0.4, 0.5) is 10.5 Å². The highest BCUT2D eigenvalue weighted by Crippen LogP contribution is 2.15. The van der Waals surface area contributed by atoms with Gasteiger partial charge in [-0.3, -0.25) is 10.3 Å². The van der Waals surface area contributed by atoms with Gasteiger partial charge in [0.05, 0.1) is 6.54 Å². The van der Waals surface area contributed by atoms with E-state index >= 15 is 0 Å². The fourth-order valence-electron chi connectivity index (χ4n) is 2.70. The number of carbonyl (C=O) groups is 1. The summed E-state index contributed by atoms with van der Waals surface area (Å²) < 4.78 is 0. The number of nitrogens with zero attached hydrogens (tertiary/aromatic N) is 1. The van der Waals surface area contributed by atoms with Gasteiger partial charge in [0.15, 0.2) is 0 Å². The Kier molecular flexibility index (Phi) is 6.44. The molecule has 0 fully saturated rings. The summed E-state index contributed by atoms with van der Waals surface area (Å²) in [6.07, 6.45) is 7.67. The first-order valence-corrected chi connectivity index (χ1v) is 9.23. The van der Waals surface area contributed by atoms with Gasteiger partial charge < -0.3 is 5.32 Å². The van der Waals surface area contributed by atoms with Crippen molar-refractivity contribution in [1.82, 2.24) is 5.32 Å². The summed E-state index contributed by atoms with van der Waals surface area (Å²) in [6.45, 7) is 2.63. The van der Waals surface area contributed by atoms with Crippen LogP contribution in [0, 0.1) is 6.92 Å². The standard InChI is InChI=1S/C22H22ClN3O/c1-16-9-11-17(12-10-16)13-21(24-15-18-5-2-3-6-18)26-22(27)25-20-8-4-7-19(23)14-20/h2-5,7-12,14H,6,13,15H2,1H3,(H2,24,25,26,27). The number of urea groups is 1. The number of aliphatic imine (C=N–C) groups is 1. The summed E-state index contributed by atoms with van der Waals surface area (Å²) in [5.41, 5.74) is 4.16. The zero-order chi connectivity index (χ0) is 19.1. The van der Waals surface area contributed by atoms with Crippen molar-refractivity contribution in [2.75, 3.05) is 11.9 Å². The molecule has 0 radical (unpaired) electrons. The van der Waals surface area contributed by atoms with Crippen molar-refractivity contribution in [1.29, 1.82) is 0 Å². The summed E-state index contributed by atoms with van der Waals surface area (Å²) in [7, 11) is 0. The second kappa shape index (κ2) is 9.19. The van der Waals surface area contributed by atoms with Crippen molar-refractivity contribution in [2.45, 2.75) is 19.8 Å². The number of nitrogens with one attached hydrogen (secondary N) is 2. The van der Waals surface area contributed by atoms with Gasteiger partial charge in [-0.25, -0.2) is 4.79 Å². The summed E-state index contributed by atoms with van der Waals surface area (Å²) in [6, 6.07) is 14.9. The van der Waals surface area contributed by atoms with E-state index < -0.39 is 0 Å². The van der Waals surface area contributed by atoms with E-state index in [-0.39, 0.29) is 6.03 Å². The summed E-state index contributed by atoms with van der Waals surface area (Å²) >= 11 is 5.97. The first kappa shape index (κ1) is 18.9. The quantitative estimate of drug-likeness (QED) is 0.537. The van der Waals surface area contributed by atoms with E-state index in [1.54, 1.807) is 24.3 Å². The topological polar surface area (TPSA) is 53.5 Å². The largest absolute Gasteiger partial charge is 0.324 e. The van der Waals surface area contributed by atoms with Crippen molar-refractivity contribution in [3.05, 3.63) is 88.5 Å². The first-order chi connectivity index (χ1) is 13.1. The molecule has 1 aliphatic carbocycles. The molecule has 2 N–H and O–H groups in total. The van der Waals surface area contributed by atoms with Crippen LogP contribution in [0.2, 0.25) is 5.02 Å². The number of halogens is 1. The van der Waals surface area contributed by atoms with Gasteiger partial charge in [0.2, 0.25) is 0 Å². The van der Waals surface area contributed by atoms with Gasteiger partial charge in [-0.1, -0.05) is 65.7 Å². The maximum Gasteiger partial charge on any atom is 0.324 e. The Hall–Kier alpha value is -2.85. The van der Waals surface area contributed by atoms with Crippen LogP contribution in [0.5, 0.6) is 0 Å². The van der Waals surface area contributed by atoms with Crippen molar-refractivity contribution in [2.24, 2.45) is 4.99 Å². The Labute approximate surface area is 164 Å². The predicted molar refractivity (Wildman–Crippen MR) is 113 cm³/mol. The number of carbonyl (C=O) groups excluding carboxylic acids is 1. The highest BCUT2D eigenvalue weighted by atomic mass is 35.5. The van der Waals surface area contributed by atoms with E-state index in [1.807, 2.05) is 6.08 Å². The normalized spacial score (nSPS) is 13.4. The van der Waals surface area contributed by atoms with Crippen LogP contribution in [0.3, 0.4) is 0 Å². The average molecular weight is 380 g/mol. The van der Waals surface area contributed by atoms with E-state index in [2.05, 4.69) is 59.0 Å². The molecule has 1 aliphatic rings. The number of anilines is 1. The van der Waals surface area contributed by atoms with Gasteiger partial charge >= 0.3 is 6.03 Å². The molecule has 0 spiro atoms. The molecular formula is C22H22ClN3O. The molecule has 0 heterocycles. The third kappa shape index (κ3) is 6.12. The number of benzene rings is 2. The van der Waals surface area contributed by atoms with Crippen LogP contribution in [-0.2, 0) is 6.42 Å². The second-order valence-corrected chi connectivity index (χ2v) is 6.91. The zero-order valence-corrected chi connectivity index (χ0v) is 16.0. The fraction of sp³-hybridized carbons (Fsp3) is 0.182. The third-order valence-electron chi connectivity index (χ3n) is 4.15. The van der Waals surface area contributed by atoms with E-state index in [1.165, 1.54) is 11.1 Å². The Balaban J connectivity index is 1.68. The Bertz CT molecular complexity index is 898. The lowest BCUT2D eigenvalue weighted by molar-refractivity contribution is 0.256. The average Bonchev–Trinajstić information content (AvgIpc) is 3.15. The molecule has 2 amide bonds. The third-order valence-corrected chi connectivity index (χ3v) is 4.39. The number of allylic oxidation sites excluding steroid dienone is 3. The summed E-state index contributed by atoms with van der Waals surface area (Å²) in [5, 5.41) is 6.25. The lowest BCUT2D eigenvalue weighted by atomic mass is 10.1. The molecular weight excluding hydrogens is 358 g/mol. The molecule has 0 aromatic heterocycles. The van der Waals surface area contributed by atoms with Crippen LogP contribution < -0.4 is 10.6 Å². The number of aryl methyl sites for hydroxylation is 1. The lowest BCUT2D eigenvalue weighted by Crippen LogP contribution is -2.36. The van der Waals surface area contributed by atoms with Crippen LogP contribution >= 0.6 is 11.6 Å². The van der Waals surface area contributed by atoms with Crippen LogP contribution in [0.25, 0.3) is 0 Å². The molecule has 3 rings (SSSR count). The molecule has 138 valence electrons. The van der Waals surface area contributed by atoms with Gasteiger partial charge in [0.1, 0.15) is 5.84 Å². The molecule has 0 unspecified atom stereocenters. The van der Waals surface area contributed by atoms with Gasteiger partial charge in [-0.15, -0.1) is 0 Å². The molecule has 0 atom stereocenters. The van der Waals surface area contributed by atoms with Gasteiger partial charge in [-0.05, 0) is 42.7 Å². The number of amidine groups is 1. The number of hydrogen-bond donors (Lipinski definition) is 2. The molecule has 4 nitrogen and oxygen atoms in total. The van der Waals surface area contributed by atoms with Crippen LogP contribution in [-0.4, -0.2) is 18.4 Å². The van der Waals surface area contributed by atoms with Gasteiger partial charge in [0, 0.05) is 17.1 Å². The molecule has 5 heteroatoms. The minimum absolute atomic E-state index is 0.332. The Morgan fingerprint density at radius 1 is 1.19 bits per heavy atom. The number of amides is 2. The van der Waals surface area contributed by atoms with E-state index in [0.29, 0.717) is 29.5 Å². The Morgan fingerprint density at radius 2 is 2.00 bits per heavy atom. The second-order valence-electron chi connectivity index (χ2n) is 6.47. The highest BCUT2D eigenvalue weighted by Gasteiger charge is 2.09. The van der Waals surface area contributed by atoms with Crippen molar-refractivity contribution in [3.63, 3.8) is 0 Å². The molecule has 0 bridgehead atoms. The number of hydrogen-bond acceptors (Lipinski definition) is 2. The van der Waals surface area contributed by atoms with Crippen molar-refractivity contribution >= 4 is 29.2 Å². The maximum atomic E-state index is 12.4. The fourth-order valence-corrected chi connectivity index (χ4v) is 2.89. The molecule has 0 saturated carbocycles. The zero-order valence-electron chi connectivity index (χ0n) is 15.2. The molecule has 2 aromatic carbocycles. The van der Waals surface area contributed by atoms with Crippen molar-refractivity contribution < 1.29 is 4.79 Å². The van der Waals surface area contributed by atoms with E-state index in [0.717, 1.165) is 12.0 Å². The SMILES string of the molecule is Cc1ccc(CC(=NCC2=CC=CC2)NC(=O)Nc2cccc(Cl)c2)cc1.